The van der Waals surface area contributed by atoms with Crippen LogP contribution in [0.2, 0.25) is 0 Å². The Morgan fingerprint density at radius 3 is 2.76 bits per heavy atom. The third-order valence-electron chi connectivity index (χ3n) is 5.48. The Hall–Kier alpha value is -2.28. The van der Waals surface area contributed by atoms with E-state index in [2.05, 4.69) is 36.2 Å². The number of nitrogens with one attached hydrogen (secondary N) is 1. The molecule has 1 aromatic carbocycles. The molecule has 0 bridgehead atoms. The largest absolute Gasteiger partial charge is 0.379 e. The molecule has 0 unspecified atom stereocenters. The average Bonchev–Trinajstić information content (AvgIpc) is 3.27. The molecule has 5 nitrogen and oxygen atoms in total. The van der Waals surface area contributed by atoms with Crippen LogP contribution in [0, 0.1) is 13.8 Å². The smallest absolute Gasteiger partial charge is 0.252 e. The zero-order chi connectivity index (χ0) is 20.2. The molecular weight excluding hydrogens is 382 g/mol. The Labute approximate surface area is 175 Å². The van der Waals surface area contributed by atoms with Gasteiger partial charge in [0.1, 0.15) is 0 Å². The molecule has 4 rings (SSSR count). The number of pyridine rings is 1. The number of ether oxygens (including phenoxy) is 1. The number of carbonyl (C=O) groups excluding carboxylic acids is 1. The van der Waals surface area contributed by atoms with Crippen molar-refractivity contribution in [1.29, 1.82) is 0 Å². The molecule has 3 heterocycles. The molecule has 0 saturated carbocycles. The first-order valence-corrected chi connectivity index (χ1v) is 11.0. The molecule has 0 spiro atoms. The molecule has 1 aliphatic rings. The number of morpholine rings is 1. The van der Waals surface area contributed by atoms with Gasteiger partial charge in [0.15, 0.2) is 0 Å². The van der Waals surface area contributed by atoms with Crippen LogP contribution in [0.3, 0.4) is 0 Å². The maximum absolute atomic E-state index is 13.1. The van der Waals surface area contributed by atoms with E-state index in [1.54, 1.807) is 11.3 Å². The van der Waals surface area contributed by atoms with Gasteiger partial charge in [-0.15, -0.1) is 11.3 Å². The number of hydrogen-bond donors (Lipinski definition) is 1. The fourth-order valence-electron chi connectivity index (χ4n) is 3.65. The van der Waals surface area contributed by atoms with E-state index in [0.717, 1.165) is 60.7 Å². The number of benzene rings is 1. The van der Waals surface area contributed by atoms with Crippen molar-refractivity contribution in [1.82, 2.24) is 15.2 Å². The average molecular weight is 410 g/mol. The summed E-state index contributed by atoms with van der Waals surface area (Å²) in [7, 11) is 0. The molecule has 1 aliphatic heterocycles. The van der Waals surface area contributed by atoms with Gasteiger partial charge in [-0.1, -0.05) is 6.07 Å². The molecule has 1 amide bonds. The van der Waals surface area contributed by atoms with Crippen molar-refractivity contribution in [3.63, 3.8) is 0 Å². The summed E-state index contributed by atoms with van der Waals surface area (Å²) >= 11 is 1.64. The maximum atomic E-state index is 13.1. The van der Waals surface area contributed by atoms with Gasteiger partial charge in [-0.25, -0.2) is 4.98 Å². The Bertz CT molecular complexity index is 995. The summed E-state index contributed by atoms with van der Waals surface area (Å²) in [5.74, 6) is -0.0274. The number of aryl methyl sites for hydroxylation is 2. The van der Waals surface area contributed by atoms with Crippen molar-refractivity contribution >= 4 is 28.1 Å². The van der Waals surface area contributed by atoms with Gasteiger partial charge < -0.3 is 10.1 Å². The van der Waals surface area contributed by atoms with Crippen molar-refractivity contribution < 1.29 is 9.53 Å². The van der Waals surface area contributed by atoms with Gasteiger partial charge in [0.2, 0.25) is 0 Å². The normalized spacial score (nSPS) is 15.0. The van der Waals surface area contributed by atoms with Crippen LogP contribution in [-0.4, -0.2) is 55.2 Å². The summed E-state index contributed by atoms with van der Waals surface area (Å²) in [5.41, 5.74) is 4.79. The first-order valence-electron chi connectivity index (χ1n) is 10.2. The Balaban J connectivity index is 1.54. The fourth-order valence-corrected chi connectivity index (χ4v) is 4.33. The maximum Gasteiger partial charge on any atom is 0.252 e. The van der Waals surface area contributed by atoms with E-state index in [1.165, 1.54) is 11.1 Å². The summed E-state index contributed by atoms with van der Waals surface area (Å²) in [5, 5.41) is 6.07. The lowest BCUT2D eigenvalue weighted by Gasteiger charge is -2.26. The lowest BCUT2D eigenvalue weighted by atomic mass is 10.0. The van der Waals surface area contributed by atoms with Gasteiger partial charge in [-0.2, -0.15) is 0 Å². The second kappa shape index (κ2) is 9.03. The minimum Gasteiger partial charge on any atom is -0.379 e. The SMILES string of the molecule is Cc1cc2nc(-c3cccs3)cc(C(=O)NCCCN3CCOCC3)c2cc1C. The number of aromatic nitrogens is 1. The molecule has 29 heavy (non-hydrogen) atoms. The first kappa shape index (κ1) is 20.0. The highest BCUT2D eigenvalue weighted by atomic mass is 32.1. The van der Waals surface area contributed by atoms with Gasteiger partial charge in [-0.3, -0.25) is 9.69 Å². The molecule has 0 atom stereocenters. The second-order valence-corrected chi connectivity index (χ2v) is 8.50. The minimum absolute atomic E-state index is 0.0274. The minimum atomic E-state index is -0.0274. The zero-order valence-corrected chi connectivity index (χ0v) is 17.8. The van der Waals surface area contributed by atoms with E-state index in [9.17, 15) is 4.79 Å². The Morgan fingerprint density at radius 2 is 2.00 bits per heavy atom. The summed E-state index contributed by atoms with van der Waals surface area (Å²) in [6.07, 6.45) is 0.935. The van der Waals surface area contributed by atoms with Gasteiger partial charge in [-0.05, 0) is 67.6 Å². The topological polar surface area (TPSA) is 54.5 Å². The van der Waals surface area contributed by atoms with Crippen LogP contribution in [0.25, 0.3) is 21.5 Å². The Morgan fingerprint density at radius 1 is 1.21 bits per heavy atom. The van der Waals surface area contributed by atoms with Crippen LogP contribution in [0.5, 0.6) is 0 Å². The standard InChI is InChI=1S/C23H27N3O2S/c1-16-13-18-19(23(27)24-6-4-7-26-8-10-28-11-9-26)15-21(22-5-3-12-29-22)25-20(18)14-17(16)2/h3,5,12-15H,4,6-11H2,1-2H3,(H,24,27). The number of amides is 1. The molecule has 0 radical (unpaired) electrons. The molecule has 1 N–H and O–H groups in total. The van der Waals surface area contributed by atoms with E-state index < -0.39 is 0 Å². The third kappa shape index (κ3) is 4.66. The molecule has 1 saturated heterocycles. The van der Waals surface area contributed by atoms with Crippen molar-refractivity contribution in [3.05, 3.63) is 52.4 Å². The molecule has 3 aromatic rings. The van der Waals surface area contributed by atoms with Crippen molar-refractivity contribution in [2.75, 3.05) is 39.4 Å². The van der Waals surface area contributed by atoms with E-state index in [4.69, 9.17) is 9.72 Å². The van der Waals surface area contributed by atoms with Crippen LogP contribution in [0.15, 0.2) is 35.7 Å². The lowest BCUT2D eigenvalue weighted by Crippen LogP contribution is -2.38. The summed E-state index contributed by atoms with van der Waals surface area (Å²) in [6.45, 7) is 9.38. The number of thiophene rings is 1. The van der Waals surface area contributed by atoms with E-state index in [-0.39, 0.29) is 5.91 Å². The molecule has 1 fully saturated rings. The lowest BCUT2D eigenvalue weighted by molar-refractivity contribution is 0.0374. The molecular formula is C23H27N3O2S. The van der Waals surface area contributed by atoms with Crippen LogP contribution in [-0.2, 0) is 4.74 Å². The van der Waals surface area contributed by atoms with Gasteiger partial charge in [0.05, 0.1) is 34.9 Å². The summed E-state index contributed by atoms with van der Waals surface area (Å²) in [4.78, 5) is 21.4. The van der Waals surface area contributed by atoms with Gasteiger partial charge in [0.25, 0.3) is 5.91 Å². The quantitative estimate of drug-likeness (QED) is 0.625. The van der Waals surface area contributed by atoms with Crippen LogP contribution >= 0.6 is 11.3 Å². The predicted octanol–water partition coefficient (Wildman–Crippen LogP) is 4.03. The zero-order valence-electron chi connectivity index (χ0n) is 17.0. The van der Waals surface area contributed by atoms with Crippen molar-refractivity contribution in [2.45, 2.75) is 20.3 Å². The van der Waals surface area contributed by atoms with E-state index >= 15 is 0 Å². The second-order valence-electron chi connectivity index (χ2n) is 7.55. The number of nitrogens with zero attached hydrogens (tertiary/aromatic N) is 2. The number of hydrogen-bond acceptors (Lipinski definition) is 5. The highest BCUT2D eigenvalue weighted by Gasteiger charge is 2.16. The molecule has 2 aromatic heterocycles. The summed E-state index contributed by atoms with van der Waals surface area (Å²) < 4.78 is 5.39. The van der Waals surface area contributed by atoms with Gasteiger partial charge in [0, 0.05) is 25.0 Å². The highest BCUT2D eigenvalue weighted by molar-refractivity contribution is 7.13. The number of fused-ring (bicyclic) bond motifs is 1. The Kier molecular flexibility index (Phi) is 6.23. The van der Waals surface area contributed by atoms with Crippen LogP contribution < -0.4 is 5.32 Å². The molecule has 6 heteroatoms. The van der Waals surface area contributed by atoms with E-state index in [0.29, 0.717) is 12.1 Å². The number of carbonyl (C=O) groups is 1. The van der Waals surface area contributed by atoms with Crippen molar-refractivity contribution in [2.24, 2.45) is 0 Å². The molecule has 152 valence electrons. The predicted molar refractivity (Wildman–Crippen MR) is 119 cm³/mol. The van der Waals surface area contributed by atoms with Crippen LogP contribution in [0.4, 0.5) is 0 Å². The molecule has 0 aliphatic carbocycles. The van der Waals surface area contributed by atoms with E-state index in [1.807, 2.05) is 23.6 Å². The number of rotatable bonds is 6. The fraction of sp³-hybridized carbons (Fsp3) is 0.391. The van der Waals surface area contributed by atoms with Crippen LogP contribution in [0.1, 0.15) is 27.9 Å². The first-order chi connectivity index (χ1) is 14.1. The summed E-state index contributed by atoms with van der Waals surface area (Å²) in [6, 6.07) is 10.2. The third-order valence-corrected chi connectivity index (χ3v) is 6.38. The van der Waals surface area contributed by atoms with Crippen molar-refractivity contribution in [3.8, 4) is 10.6 Å². The van der Waals surface area contributed by atoms with Gasteiger partial charge >= 0.3 is 0 Å². The highest BCUT2D eigenvalue weighted by Crippen LogP contribution is 2.29. The monoisotopic (exact) mass is 409 g/mol.